The van der Waals surface area contributed by atoms with Crippen LogP contribution in [0.5, 0.6) is 0 Å². The van der Waals surface area contributed by atoms with Crippen LogP contribution in [0.4, 0.5) is 0 Å². The Labute approximate surface area is 96.9 Å². The predicted molar refractivity (Wildman–Crippen MR) is 56.3 cm³/mol. The predicted octanol–water partition coefficient (Wildman–Crippen LogP) is 0.0537. The van der Waals surface area contributed by atoms with E-state index < -0.39 is 0 Å². The Morgan fingerprint density at radius 1 is 0.588 bits per heavy atom. The monoisotopic (exact) mass is 238 g/mol. The Morgan fingerprint density at radius 2 is 0.941 bits per heavy atom. The second-order valence-corrected chi connectivity index (χ2v) is 2.29. The van der Waals surface area contributed by atoms with E-state index in [1.54, 1.807) is 0 Å². The van der Waals surface area contributed by atoms with Crippen LogP contribution in [0, 0.1) is 0 Å². The van der Waals surface area contributed by atoms with Crippen molar-refractivity contribution in [3.05, 3.63) is 0 Å². The smallest absolute Gasteiger partial charge is 0.211 e. The van der Waals surface area contributed by atoms with Crippen LogP contribution < -0.4 is 0 Å². The highest BCUT2D eigenvalue weighted by Gasteiger charge is 1.83. The van der Waals surface area contributed by atoms with Gasteiger partial charge < -0.3 is 0 Å². The van der Waals surface area contributed by atoms with Crippen molar-refractivity contribution in [2.45, 2.75) is 12.8 Å². The van der Waals surface area contributed by atoms with Crippen LogP contribution in [0.3, 0.4) is 0 Å². The normalized spacial score (nSPS) is 6.82. The molecule has 0 rings (SSSR count). The first kappa shape index (κ1) is 16.9. The molecule has 0 saturated carbocycles. The van der Waals surface area contributed by atoms with Crippen molar-refractivity contribution in [1.82, 2.24) is 0 Å². The summed E-state index contributed by atoms with van der Waals surface area (Å²) in [5, 5.41) is 0. The average molecular weight is 238 g/mol. The first-order valence-corrected chi connectivity index (χ1v) is 4.48. The van der Waals surface area contributed by atoms with E-state index in [-0.39, 0.29) is 6.67 Å². The third kappa shape index (κ3) is 24.7. The molecule has 0 spiro atoms. The molecule has 0 aromatic rings. The third-order valence-electron chi connectivity index (χ3n) is 1.19. The van der Waals surface area contributed by atoms with Gasteiger partial charge in [-0.1, -0.05) is 0 Å². The van der Waals surface area contributed by atoms with Gasteiger partial charge in [-0.3, -0.25) is 0 Å². The maximum absolute atomic E-state index is 9.52. The molecule has 0 aromatic heterocycles. The Morgan fingerprint density at radius 3 is 1.24 bits per heavy atom. The summed E-state index contributed by atoms with van der Waals surface area (Å²) in [4.78, 5) is 49.9. The van der Waals surface area contributed by atoms with Crippen molar-refractivity contribution >= 4 is 24.3 Å². The Kier molecular flexibility index (Phi) is 19.1. The number of isocyanates is 4. The van der Waals surface area contributed by atoms with Crippen molar-refractivity contribution in [2.75, 3.05) is 19.8 Å². The van der Waals surface area contributed by atoms with Crippen molar-refractivity contribution in [2.24, 2.45) is 20.0 Å². The fraction of sp³-hybridized carbons (Fsp3) is 0.556. The zero-order chi connectivity index (χ0) is 13.2. The lowest BCUT2D eigenvalue weighted by Crippen LogP contribution is -1.84. The highest BCUT2D eigenvalue weighted by atomic mass is 16.1. The molecule has 90 valence electrons. The van der Waals surface area contributed by atoms with Crippen molar-refractivity contribution < 1.29 is 19.2 Å². The highest BCUT2D eigenvalue weighted by molar-refractivity contribution is 5.35. The Hall–Kier alpha value is -2.48. The van der Waals surface area contributed by atoms with Crippen LogP contribution in [-0.4, -0.2) is 44.1 Å². The van der Waals surface area contributed by atoms with Gasteiger partial charge in [-0.15, -0.1) is 0 Å². The molecule has 0 saturated heterocycles. The van der Waals surface area contributed by atoms with Crippen LogP contribution in [0.2, 0.25) is 0 Å². The van der Waals surface area contributed by atoms with Gasteiger partial charge in [0.1, 0.15) is 0 Å². The van der Waals surface area contributed by atoms with Crippen LogP contribution >= 0.6 is 0 Å². The van der Waals surface area contributed by atoms with E-state index in [0.717, 1.165) is 12.8 Å². The van der Waals surface area contributed by atoms with Gasteiger partial charge in [0.15, 0.2) is 6.67 Å². The lowest BCUT2D eigenvalue weighted by Gasteiger charge is -1.87. The molecule has 0 N–H and O–H groups in total. The maximum atomic E-state index is 9.52. The number of carbonyl (C=O) groups excluding carboxylic acids is 4. The number of aliphatic imine (C=N–C) groups is 4. The van der Waals surface area contributed by atoms with Crippen molar-refractivity contribution in [3.8, 4) is 0 Å². The van der Waals surface area contributed by atoms with Gasteiger partial charge in [0.25, 0.3) is 0 Å². The first-order chi connectivity index (χ1) is 8.33. The molecule has 0 aliphatic rings. The average Bonchev–Trinajstić information content (AvgIpc) is 2.35. The summed E-state index contributed by atoms with van der Waals surface area (Å²) in [7, 11) is 0. The maximum Gasteiger partial charge on any atom is 0.236 e. The molecule has 8 nitrogen and oxygen atoms in total. The van der Waals surface area contributed by atoms with E-state index in [1.807, 2.05) is 0 Å². The number of hydrogen-bond donors (Lipinski definition) is 0. The van der Waals surface area contributed by atoms with Gasteiger partial charge in [-0.05, 0) is 12.8 Å². The third-order valence-corrected chi connectivity index (χ3v) is 1.19. The van der Waals surface area contributed by atoms with Gasteiger partial charge in [-0.25, -0.2) is 29.2 Å². The molecule has 17 heavy (non-hydrogen) atoms. The van der Waals surface area contributed by atoms with Crippen LogP contribution in [0.25, 0.3) is 0 Å². The standard InChI is InChI=1S/C6H8N2O2.C3H2N2O2/c9-5-7-3-1-2-4-8-6-10;6-2-4-1-5-3-7/h1-4H2;1H2. The summed E-state index contributed by atoms with van der Waals surface area (Å²) in [6.07, 6.45) is 6.79. The molecule has 0 unspecified atom stereocenters. The van der Waals surface area contributed by atoms with E-state index in [2.05, 4.69) is 20.0 Å². The summed E-state index contributed by atoms with van der Waals surface area (Å²) in [5.41, 5.74) is 0. The summed E-state index contributed by atoms with van der Waals surface area (Å²) in [6, 6.07) is 0. The molecule has 0 aliphatic heterocycles. The summed E-state index contributed by atoms with van der Waals surface area (Å²) in [6.45, 7) is 0.781. The van der Waals surface area contributed by atoms with Crippen molar-refractivity contribution in [1.29, 1.82) is 0 Å². The van der Waals surface area contributed by atoms with E-state index in [4.69, 9.17) is 0 Å². The second kappa shape index (κ2) is 19.1. The summed E-state index contributed by atoms with van der Waals surface area (Å²) >= 11 is 0. The largest absolute Gasteiger partial charge is 0.236 e. The minimum atomic E-state index is -0.160. The Balaban J connectivity index is 0. The van der Waals surface area contributed by atoms with Crippen molar-refractivity contribution in [3.63, 3.8) is 0 Å². The van der Waals surface area contributed by atoms with Gasteiger partial charge in [-0.2, -0.15) is 9.98 Å². The topological polar surface area (TPSA) is 118 Å². The quantitative estimate of drug-likeness (QED) is 0.353. The SMILES string of the molecule is O=C=NCCCCN=C=O.O=C=NCN=C=O. The molecule has 0 bridgehead atoms. The van der Waals surface area contributed by atoms with Crippen LogP contribution in [0.1, 0.15) is 12.8 Å². The molecule has 0 radical (unpaired) electrons. The van der Waals surface area contributed by atoms with E-state index in [1.165, 1.54) is 24.3 Å². The number of nitrogens with zero attached hydrogens (tertiary/aromatic N) is 4. The lowest BCUT2D eigenvalue weighted by molar-refractivity contribution is 0.559. The molecular weight excluding hydrogens is 228 g/mol. The molecule has 0 heterocycles. The summed E-state index contributed by atoms with van der Waals surface area (Å²) < 4.78 is 0. The molecule has 0 amide bonds. The minimum Gasteiger partial charge on any atom is -0.211 e. The van der Waals surface area contributed by atoms with Crippen LogP contribution in [-0.2, 0) is 19.2 Å². The first-order valence-electron chi connectivity index (χ1n) is 4.48. The molecule has 0 aliphatic carbocycles. The highest BCUT2D eigenvalue weighted by Crippen LogP contribution is 1.88. The Bertz CT molecular complexity index is 334. The number of rotatable bonds is 7. The van der Waals surface area contributed by atoms with Gasteiger partial charge >= 0.3 is 0 Å². The van der Waals surface area contributed by atoms with E-state index in [9.17, 15) is 19.2 Å². The molecule has 8 heteroatoms. The van der Waals surface area contributed by atoms with Gasteiger partial charge in [0.05, 0.1) is 13.1 Å². The fourth-order valence-corrected chi connectivity index (χ4v) is 0.566. The molecular formula is C9H10N4O4. The molecule has 0 atom stereocenters. The summed E-state index contributed by atoms with van der Waals surface area (Å²) in [5.74, 6) is 0. The molecule has 0 aromatic carbocycles. The van der Waals surface area contributed by atoms with Gasteiger partial charge in [0.2, 0.25) is 24.3 Å². The minimum absolute atomic E-state index is 0.160. The zero-order valence-corrected chi connectivity index (χ0v) is 8.96. The van der Waals surface area contributed by atoms with E-state index >= 15 is 0 Å². The second-order valence-electron chi connectivity index (χ2n) is 2.29. The molecule has 0 fully saturated rings. The number of hydrogen-bond acceptors (Lipinski definition) is 8. The van der Waals surface area contributed by atoms with Crippen LogP contribution in [0.15, 0.2) is 20.0 Å². The zero-order valence-electron chi connectivity index (χ0n) is 8.96. The fourth-order valence-electron chi connectivity index (χ4n) is 0.566. The van der Waals surface area contributed by atoms with E-state index in [0.29, 0.717) is 13.1 Å². The number of unbranched alkanes of at least 4 members (excludes halogenated alkanes) is 1. The van der Waals surface area contributed by atoms with Gasteiger partial charge in [0, 0.05) is 0 Å². The lowest BCUT2D eigenvalue weighted by atomic mass is 10.3.